The molecule has 4 N–H and O–H groups in total. The van der Waals surface area contributed by atoms with Gasteiger partial charge in [-0.3, -0.25) is 19.2 Å². The molecule has 2 aromatic carbocycles. The van der Waals surface area contributed by atoms with Gasteiger partial charge in [0.2, 0.25) is 5.91 Å². The molecule has 18 heteroatoms. The van der Waals surface area contributed by atoms with Gasteiger partial charge in [-0.1, -0.05) is 74.5 Å². The monoisotopic (exact) mass is 885 g/mol. The maximum atomic E-state index is 14.2. The van der Waals surface area contributed by atoms with Crippen molar-refractivity contribution in [1.82, 2.24) is 35.7 Å². The summed E-state index contributed by atoms with van der Waals surface area (Å²) in [5, 5.41) is 12.4. The maximum absolute atomic E-state index is 14.2. The first-order chi connectivity index (χ1) is 28.8. The molecule has 3 atom stereocenters. The second-order valence-corrected chi connectivity index (χ2v) is 18.5. The molecule has 3 unspecified atom stereocenters. The van der Waals surface area contributed by atoms with Crippen molar-refractivity contribution >= 4 is 50.8 Å². The second kappa shape index (κ2) is 25.3. The van der Waals surface area contributed by atoms with Gasteiger partial charge in [-0.25, -0.2) is 14.6 Å². The zero-order valence-electron chi connectivity index (χ0n) is 34.8. The van der Waals surface area contributed by atoms with Gasteiger partial charge >= 0.3 is 12.1 Å². The van der Waals surface area contributed by atoms with Crippen LogP contribution in [0.1, 0.15) is 72.7 Å². The van der Waals surface area contributed by atoms with Crippen LogP contribution in [0.4, 0.5) is 9.59 Å². The van der Waals surface area contributed by atoms with Gasteiger partial charge in [-0.05, 0) is 50.2 Å². The molecule has 0 spiro atoms. The number of carbonyl (C=O) groups excluding carboxylic acids is 3. The normalized spacial score (nSPS) is 14.6. The van der Waals surface area contributed by atoms with Gasteiger partial charge in [0.15, 0.2) is 0 Å². The summed E-state index contributed by atoms with van der Waals surface area (Å²) in [6.07, 6.45) is 4.00. The molecule has 1 saturated heterocycles. The Hall–Kier alpha value is -4.46. The number of thiazole rings is 2. The summed E-state index contributed by atoms with van der Waals surface area (Å²) in [5.41, 5.74) is 4.70. The summed E-state index contributed by atoms with van der Waals surface area (Å²) in [6, 6.07) is 18.4. The number of benzene rings is 2. The number of alkyl carbamates (subject to hydrolysis) is 1. The topological polar surface area (TPSA) is 192 Å². The number of morpholine rings is 1. The van der Waals surface area contributed by atoms with E-state index in [9.17, 15) is 22.8 Å². The molecule has 4 amide bonds. The van der Waals surface area contributed by atoms with Gasteiger partial charge in [-0.2, -0.15) is 8.42 Å². The molecular formula is C42H59N7O8S3. The number of rotatable bonds is 20. The Balaban J connectivity index is 0.00000123. The Labute approximate surface area is 362 Å². The number of carbonyl (C=O) groups is 3. The highest BCUT2D eigenvalue weighted by atomic mass is 32.2. The quantitative estimate of drug-likeness (QED) is 0.0774. The van der Waals surface area contributed by atoms with Crippen molar-refractivity contribution in [2.75, 3.05) is 45.6 Å². The maximum Gasteiger partial charge on any atom is 0.407 e. The summed E-state index contributed by atoms with van der Waals surface area (Å²) >= 11 is 3.02. The van der Waals surface area contributed by atoms with Gasteiger partial charge in [-0.15, -0.1) is 22.7 Å². The lowest BCUT2D eigenvalue weighted by Gasteiger charge is -2.30. The van der Waals surface area contributed by atoms with Gasteiger partial charge in [0.05, 0.1) is 46.6 Å². The van der Waals surface area contributed by atoms with Crippen LogP contribution < -0.4 is 16.0 Å². The molecule has 3 heterocycles. The van der Waals surface area contributed by atoms with E-state index in [2.05, 4.69) is 44.7 Å². The standard InChI is InChI=1S/C40H53N7O5S2.C2H6O3S/c1-29(2)38-43-34(27-53-38)25-46(3)39(49)45-36(16-17-47-18-20-51-21-19-47)37(48)42-32(22-30-10-6-4-7-11-30)14-15-33(23-31-12-8-5-9-13-31)44-40(50)52-26-35-24-41-28-54-35;1-2-6(3,4)5/h4-13,24,27-29,32-33,36H,14-23,25-26H2,1-3H3,(H,42,48)(H,44,50)(H,45,49);2H2,1H3,(H,3,4,5). The third-order valence-electron chi connectivity index (χ3n) is 9.64. The van der Waals surface area contributed by atoms with E-state index in [1.807, 2.05) is 66.0 Å². The molecule has 328 valence electrons. The van der Waals surface area contributed by atoms with E-state index in [1.54, 1.807) is 35.0 Å². The lowest BCUT2D eigenvalue weighted by Crippen LogP contribution is -2.54. The van der Waals surface area contributed by atoms with Crippen molar-refractivity contribution in [2.45, 2.75) is 90.1 Å². The highest BCUT2D eigenvalue weighted by Crippen LogP contribution is 2.20. The minimum atomic E-state index is -3.66. The van der Waals surface area contributed by atoms with Crippen LogP contribution >= 0.6 is 22.7 Å². The zero-order valence-corrected chi connectivity index (χ0v) is 37.3. The van der Waals surface area contributed by atoms with E-state index < -0.39 is 22.3 Å². The lowest BCUT2D eigenvalue weighted by molar-refractivity contribution is -0.124. The van der Waals surface area contributed by atoms with E-state index in [4.69, 9.17) is 14.0 Å². The van der Waals surface area contributed by atoms with Gasteiger partial charge in [0, 0.05) is 56.3 Å². The highest BCUT2D eigenvalue weighted by molar-refractivity contribution is 7.85. The third-order valence-corrected chi connectivity index (χ3v) is 12.3. The molecule has 0 saturated carbocycles. The van der Waals surface area contributed by atoms with Crippen molar-refractivity contribution in [3.8, 4) is 0 Å². The van der Waals surface area contributed by atoms with E-state index in [0.717, 1.165) is 39.8 Å². The van der Waals surface area contributed by atoms with E-state index in [1.165, 1.54) is 18.3 Å². The van der Waals surface area contributed by atoms with E-state index in [0.29, 0.717) is 64.3 Å². The fourth-order valence-corrected chi connectivity index (χ4v) is 7.58. The van der Waals surface area contributed by atoms with Gasteiger partial charge in [0.25, 0.3) is 10.1 Å². The fourth-order valence-electron chi connectivity index (χ4n) is 6.25. The Bertz CT molecular complexity index is 1960. The fraction of sp³-hybridized carbons (Fsp3) is 0.500. The lowest BCUT2D eigenvalue weighted by atomic mass is 9.95. The van der Waals surface area contributed by atoms with Crippen LogP contribution in [0.15, 0.2) is 77.8 Å². The van der Waals surface area contributed by atoms with Gasteiger partial charge < -0.3 is 30.3 Å². The summed E-state index contributed by atoms with van der Waals surface area (Å²) in [6.45, 7) is 9.56. The summed E-state index contributed by atoms with van der Waals surface area (Å²) in [4.78, 5) is 54.2. The first-order valence-corrected chi connectivity index (χ1v) is 23.5. The molecule has 0 aliphatic carbocycles. The predicted molar refractivity (Wildman–Crippen MR) is 235 cm³/mol. The SMILES string of the molecule is CC(C)c1nc(CN(C)C(=O)NC(CCN2CCOCC2)C(=O)NC(CCC(Cc2ccccc2)NC(=O)OCc2cncs2)Cc2ccccc2)cs1.CCS(=O)(=O)O. The summed E-state index contributed by atoms with van der Waals surface area (Å²) < 4.78 is 38.0. The van der Waals surface area contributed by atoms with Crippen LogP contribution in [0.3, 0.4) is 0 Å². The zero-order chi connectivity index (χ0) is 43.3. The smallest absolute Gasteiger partial charge is 0.407 e. The molecule has 2 aromatic heterocycles. The molecular weight excluding hydrogens is 827 g/mol. The molecule has 1 aliphatic heterocycles. The van der Waals surface area contributed by atoms with Crippen LogP contribution in [-0.4, -0.2) is 115 Å². The average molecular weight is 886 g/mol. The van der Waals surface area contributed by atoms with Crippen molar-refractivity contribution in [3.63, 3.8) is 0 Å². The van der Waals surface area contributed by atoms with Crippen molar-refractivity contribution in [3.05, 3.63) is 104 Å². The van der Waals surface area contributed by atoms with Crippen LogP contribution in [0, 0.1) is 0 Å². The van der Waals surface area contributed by atoms with E-state index in [-0.39, 0.29) is 36.4 Å². The molecule has 15 nitrogen and oxygen atoms in total. The van der Waals surface area contributed by atoms with Crippen LogP contribution in [-0.2, 0) is 50.4 Å². The van der Waals surface area contributed by atoms with E-state index >= 15 is 0 Å². The Morgan fingerprint density at radius 2 is 1.52 bits per heavy atom. The first kappa shape index (κ1) is 48.2. The molecule has 5 rings (SSSR count). The summed E-state index contributed by atoms with van der Waals surface area (Å²) in [5.74, 6) is -0.127. The Morgan fingerprint density at radius 3 is 2.05 bits per heavy atom. The van der Waals surface area contributed by atoms with Crippen molar-refractivity contribution in [1.29, 1.82) is 0 Å². The second-order valence-electron chi connectivity index (χ2n) is 14.9. The molecule has 4 aromatic rings. The number of urea groups is 1. The minimum absolute atomic E-state index is 0.150. The van der Waals surface area contributed by atoms with Crippen LogP contribution in [0.25, 0.3) is 0 Å². The molecule has 1 aliphatic rings. The number of nitrogens with one attached hydrogen (secondary N) is 3. The number of ether oxygens (including phenoxy) is 2. The third kappa shape index (κ3) is 18.4. The Morgan fingerprint density at radius 1 is 0.917 bits per heavy atom. The predicted octanol–water partition coefficient (Wildman–Crippen LogP) is 5.89. The van der Waals surface area contributed by atoms with Crippen molar-refractivity contribution < 1.29 is 36.8 Å². The largest absolute Gasteiger partial charge is 0.444 e. The van der Waals surface area contributed by atoms with Crippen molar-refractivity contribution in [2.24, 2.45) is 0 Å². The van der Waals surface area contributed by atoms with Crippen LogP contribution in [0.5, 0.6) is 0 Å². The van der Waals surface area contributed by atoms with Crippen LogP contribution in [0.2, 0.25) is 0 Å². The van der Waals surface area contributed by atoms with Gasteiger partial charge in [0.1, 0.15) is 12.6 Å². The number of aromatic nitrogens is 2. The molecule has 0 radical (unpaired) electrons. The molecule has 0 bridgehead atoms. The summed E-state index contributed by atoms with van der Waals surface area (Å²) in [7, 11) is -1.94. The average Bonchev–Trinajstić information content (AvgIpc) is 3.95. The molecule has 60 heavy (non-hydrogen) atoms. The number of nitrogens with zero attached hydrogens (tertiary/aromatic N) is 4. The Kier molecular flexibility index (Phi) is 20.4. The highest BCUT2D eigenvalue weighted by Gasteiger charge is 2.27. The molecule has 1 fully saturated rings. The first-order valence-electron chi connectivity index (χ1n) is 20.2. The number of hydrogen-bond acceptors (Lipinski definition) is 12. The number of amides is 4. The minimum Gasteiger partial charge on any atom is -0.444 e. The number of hydrogen-bond donors (Lipinski definition) is 4.